The molecule has 1 atom stereocenters. The molecular formula is C14H19N5O2. The van der Waals surface area contributed by atoms with Crippen LogP contribution in [0.4, 0.5) is 0 Å². The minimum Gasteiger partial charge on any atom is -0.508 e. The number of phenols is 1. The lowest BCUT2D eigenvalue weighted by Crippen LogP contribution is -2.42. The number of amides is 1. The summed E-state index contributed by atoms with van der Waals surface area (Å²) in [5, 5.41) is 19.7. The fraction of sp³-hybridized carbons (Fsp3) is 0.357. The van der Waals surface area contributed by atoms with Crippen LogP contribution in [0.15, 0.2) is 30.6 Å². The Morgan fingerprint density at radius 3 is 2.81 bits per heavy atom. The van der Waals surface area contributed by atoms with E-state index in [4.69, 9.17) is 5.73 Å². The van der Waals surface area contributed by atoms with Crippen molar-refractivity contribution < 1.29 is 9.90 Å². The van der Waals surface area contributed by atoms with Crippen molar-refractivity contribution >= 4 is 5.91 Å². The monoisotopic (exact) mass is 289 g/mol. The summed E-state index contributed by atoms with van der Waals surface area (Å²) in [6.07, 6.45) is 2.03. The van der Waals surface area contributed by atoms with Crippen LogP contribution < -0.4 is 11.1 Å². The molecule has 0 unspecified atom stereocenters. The molecule has 1 heterocycles. The Kier molecular flexibility index (Phi) is 4.89. The van der Waals surface area contributed by atoms with Gasteiger partial charge in [-0.15, -0.1) is 10.2 Å². The SMILES string of the molecule is CCn1cnnc1CNC(=O)[C@@H](N)Cc1ccc(O)cc1. The Balaban J connectivity index is 1.86. The van der Waals surface area contributed by atoms with Crippen LogP contribution in [0.2, 0.25) is 0 Å². The zero-order chi connectivity index (χ0) is 15.2. The maximum Gasteiger partial charge on any atom is 0.237 e. The number of hydrogen-bond donors (Lipinski definition) is 3. The molecular weight excluding hydrogens is 270 g/mol. The number of aryl methyl sites for hydroxylation is 1. The third kappa shape index (κ3) is 4.03. The van der Waals surface area contributed by atoms with E-state index in [0.29, 0.717) is 18.8 Å². The van der Waals surface area contributed by atoms with Gasteiger partial charge in [-0.2, -0.15) is 0 Å². The van der Waals surface area contributed by atoms with Crippen LogP contribution in [0.25, 0.3) is 0 Å². The maximum atomic E-state index is 12.0. The lowest BCUT2D eigenvalue weighted by molar-refractivity contribution is -0.122. The lowest BCUT2D eigenvalue weighted by Gasteiger charge is -2.12. The molecule has 1 aromatic heterocycles. The van der Waals surface area contributed by atoms with Gasteiger partial charge >= 0.3 is 0 Å². The van der Waals surface area contributed by atoms with Crippen molar-refractivity contribution in [3.05, 3.63) is 42.0 Å². The second kappa shape index (κ2) is 6.85. The second-order valence-electron chi connectivity index (χ2n) is 4.73. The van der Waals surface area contributed by atoms with Crippen LogP contribution in [0.3, 0.4) is 0 Å². The molecule has 4 N–H and O–H groups in total. The summed E-state index contributed by atoms with van der Waals surface area (Å²) in [5.41, 5.74) is 6.78. The predicted octanol–water partition coefficient (Wildman–Crippen LogP) is 0.190. The van der Waals surface area contributed by atoms with Gasteiger partial charge in [-0.3, -0.25) is 4.79 Å². The first-order valence-corrected chi connectivity index (χ1v) is 6.78. The van der Waals surface area contributed by atoms with E-state index in [2.05, 4.69) is 15.5 Å². The van der Waals surface area contributed by atoms with E-state index in [1.54, 1.807) is 30.6 Å². The summed E-state index contributed by atoms with van der Waals surface area (Å²) in [7, 11) is 0. The Morgan fingerprint density at radius 1 is 1.43 bits per heavy atom. The van der Waals surface area contributed by atoms with Crippen molar-refractivity contribution in [2.45, 2.75) is 32.5 Å². The van der Waals surface area contributed by atoms with E-state index in [1.807, 2.05) is 11.5 Å². The number of benzene rings is 1. The second-order valence-corrected chi connectivity index (χ2v) is 4.73. The Morgan fingerprint density at radius 2 is 2.14 bits per heavy atom. The first kappa shape index (κ1) is 15.0. The van der Waals surface area contributed by atoms with Gasteiger partial charge in [0.15, 0.2) is 5.82 Å². The minimum absolute atomic E-state index is 0.190. The third-order valence-corrected chi connectivity index (χ3v) is 3.19. The quantitative estimate of drug-likeness (QED) is 0.704. The van der Waals surface area contributed by atoms with Gasteiger partial charge in [0.25, 0.3) is 0 Å². The van der Waals surface area contributed by atoms with Gasteiger partial charge in [-0.1, -0.05) is 12.1 Å². The molecule has 2 aromatic rings. The van der Waals surface area contributed by atoms with Crippen LogP contribution in [0.5, 0.6) is 5.75 Å². The molecule has 112 valence electrons. The first-order chi connectivity index (χ1) is 10.1. The number of nitrogens with zero attached hydrogens (tertiary/aromatic N) is 3. The molecule has 0 aliphatic rings. The maximum absolute atomic E-state index is 12.0. The van der Waals surface area contributed by atoms with Gasteiger partial charge in [0.2, 0.25) is 5.91 Å². The Labute approximate surface area is 122 Å². The van der Waals surface area contributed by atoms with Crippen LogP contribution in [0, 0.1) is 0 Å². The van der Waals surface area contributed by atoms with Crippen LogP contribution in [0.1, 0.15) is 18.3 Å². The zero-order valence-electron chi connectivity index (χ0n) is 11.9. The van der Waals surface area contributed by atoms with Gasteiger partial charge in [-0.25, -0.2) is 0 Å². The topological polar surface area (TPSA) is 106 Å². The number of phenolic OH excluding ortho intramolecular Hbond substituents is 1. The highest BCUT2D eigenvalue weighted by atomic mass is 16.3. The molecule has 2 rings (SSSR count). The highest BCUT2D eigenvalue weighted by molar-refractivity contribution is 5.81. The van der Waals surface area contributed by atoms with E-state index in [-0.39, 0.29) is 11.7 Å². The highest BCUT2D eigenvalue weighted by Crippen LogP contribution is 2.10. The number of hydrogen-bond acceptors (Lipinski definition) is 5. The molecule has 0 saturated heterocycles. The van der Waals surface area contributed by atoms with Gasteiger partial charge in [0.1, 0.15) is 12.1 Å². The summed E-state index contributed by atoms with van der Waals surface area (Å²) in [5.74, 6) is 0.645. The van der Waals surface area contributed by atoms with Gasteiger partial charge < -0.3 is 20.7 Å². The highest BCUT2D eigenvalue weighted by Gasteiger charge is 2.14. The summed E-state index contributed by atoms with van der Waals surface area (Å²) in [6.45, 7) is 3.03. The van der Waals surface area contributed by atoms with E-state index >= 15 is 0 Å². The van der Waals surface area contributed by atoms with E-state index in [0.717, 1.165) is 12.1 Å². The number of aromatic hydroxyl groups is 1. The molecule has 0 bridgehead atoms. The normalized spacial score (nSPS) is 12.1. The molecule has 0 aliphatic heterocycles. The molecule has 0 spiro atoms. The van der Waals surface area contributed by atoms with E-state index < -0.39 is 6.04 Å². The lowest BCUT2D eigenvalue weighted by atomic mass is 10.1. The fourth-order valence-electron chi connectivity index (χ4n) is 1.96. The zero-order valence-corrected chi connectivity index (χ0v) is 11.9. The average molecular weight is 289 g/mol. The molecule has 21 heavy (non-hydrogen) atoms. The van der Waals surface area contributed by atoms with E-state index in [1.165, 1.54) is 0 Å². The summed E-state index contributed by atoms with van der Waals surface area (Å²) in [4.78, 5) is 12.0. The van der Waals surface area contributed by atoms with Crippen LogP contribution >= 0.6 is 0 Å². The largest absolute Gasteiger partial charge is 0.508 e. The summed E-state index contributed by atoms with van der Waals surface area (Å²) >= 11 is 0. The third-order valence-electron chi connectivity index (χ3n) is 3.19. The Hall–Kier alpha value is -2.41. The van der Waals surface area contributed by atoms with Crippen molar-refractivity contribution in [3.8, 4) is 5.75 Å². The van der Waals surface area contributed by atoms with Gasteiger partial charge in [0, 0.05) is 6.54 Å². The van der Waals surface area contributed by atoms with E-state index in [9.17, 15) is 9.90 Å². The van der Waals surface area contributed by atoms with Crippen molar-refractivity contribution in [1.29, 1.82) is 0 Å². The average Bonchev–Trinajstić information content (AvgIpc) is 2.94. The molecule has 0 radical (unpaired) electrons. The number of aromatic nitrogens is 3. The molecule has 7 heteroatoms. The number of rotatable bonds is 6. The van der Waals surface area contributed by atoms with Crippen molar-refractivity contribution in [3.63, 3.8) is 0 Å². The van der Waals surface area contributed by atoms with Crippen molar-refractivity contribution in [2.24, 2.45) is 5.73 Å². The summed E-state index contributed by atoms with van der Waals surface area (Å²) < 4.78 is 1.85. The van der Waals surface area contributed by atoms with Crippen LogP contribution in [-0.4, -0.2) is 31.8 Å². The van der Waals surface area contributed by atoms with Gasteiger partial charge in [-0.05, 0) is 31.0 Å². The minimum atomic E-state index is -0.646. The molecule has 0 saturated carbocycles. The Bertz CT molecular complexity index is 594. The summed E-state index contributed by atoms with van der Waals surface area (Å²) in [6, 6.07) is 5.99. The smallest absolute Gasteiger partial charge is 0.237 e. The standard InChI is InChI=1S/C14H19N5O2/c1-2-19-9-17-18-13(19)8-16-14(21)12(15)7-10-3-5-11(20)6-4-10/h3-6,9,12,20H,2,7-8,15H2,1H3,(H,16,21)/t12-/m0/s1. The number of nitrogens with one attached hydrogen (secondary N) is 1. The molecule has 1 amide bonds. The number of carbonyl (C=O) groups is 1. The van der Waals surface area contributed by atoms with Crippen molar-refractivity contribution in [2.75, 3.05) is 0 Å². The van der Waals surface area contributed by atoms with Crippen LogP contribution in [-0.2, 0) is 24.3 Å². The number of nitrogens with two attached hydrogens (primary N) is 1. The molecule has 0 fully saturated rings. The first-order valence-electron chi connectivity index (χ1n) is 6.78. The fourth-order valence-corrected chi connectivity index (χ4v) is 1.96. The number of carbonyl (C=O) groups excluding carboxylic acids is 1. The molecule has 0 aliphatic carbocycles. The van der Waals surface area contributed by atoms with Crippen molar-refractivity contribution in [1.82, 2.24) is 20.1 Å². The predicted molar refractivity (Wildman–Crippen MR) is 77.3 cm³/mol. The molecule has 7 nitrogen and oxygen atoms in total. The van der Waals surface area contributed by atoms with Gasteiger partial charge in [0.05, 0.1) is 12.6 Å². The molecule has 1 aromatic carbocycles.